The number of benzene rings is 1. The van der Waals surface area contributed by atoms with Gasteiger partial charge < -0.3 is 0 Å². The molecule has 13 heavy (non-hydrogen) atoms. The molecule has 0 saturated heterocycles. The molecule has 0 aromatic heterocycles. The Balaban J connectivity index is 2.13. The quantitative estimate of drug-likeness (QED) is 0.387. The standard InChI is InChI=1S/C10H13F2Si/c11-13(12)9-5-4-8-10-6-2-1-3-7-10/h1-3,6-7H,4-5,8-9H2. The van der Waals surface area contributed by atoms with Crippen LogP contribution in [0, 0.1) is 0 Å². The second kappa shape index (κ2) is 5.86. The Bertz CT molecular complexity index is 224. The molecule has 0 heterocycles. The van der Waals surface area contributed by atoms with Crippen LogP contribution in [-0.2, 0) is 6.42 Å². The SMILES string of the molecule is F[Si](F)CCCCc1ccccc1. The van der Waals surface area contributed by atoms with Crippen LogP contribution in [-0.4, -0.2) is 9.46 Å². The highest BCUT2D eigenvalue weighted by molar-refractivity contribution is 6.42. The van der Waals surface area contributed by atoms with Crippen LogP contribution in [0.25, 0.3) is 0 Å². The van der Waals surface area contributed by atoms with Crippen molar-refractivity contribution in [2.24, 2.45) is 0 Å². The van der Waals surface area contributed by atoms with Gasteiger partial charge in [0.25, 0.3) is 0 Å². The predicted octanol–water partition coefficient (Wildman–Crippen LogP) is 3.44. The van der Waals surface area contributed by atoms with Crippen molar-refractivity contribution in [1.82, 2.24) is 0 Å². The molecule has 1 rings (SSSR count). The van der Waals surface area contributed by atoms with Crippen LogP contribution >= 0.6 is 0 Å². The van der Waals surface area contributed by atoms with Crippen molar-refractivity contribution in [3.8, 4) is 0 Å². The summed E-state index contributed by atoms with van der Waals surface area (Å²) in [5, 5.41) is 0. The minimum atomic E-state index is -2.99. The molecule has 0 fully saturated rings. The average molecular weight is 199 g/mol. The van der Waals surface area contributed by atoms with Crippen LogP contribution in [0.15, 0.2) is 30.3 Å². The molecule has 0 saturated carbocycles. The van der Waals surface area contributed by atoms with Crippen molar-refractivity contribution in [1.29, 1.82) is 0 Å². The second-order valence-corrected chi connectivity index (χ2v) is 4.21. The van der Waals surface area contributed by atoms with Gasteiger partial charge in [-0.1, -0.05) is 36.8 Å². The fraction of sp³-hybridized carbons (Fsp3) is 0.400. The lowest BCUT2D eigenvalue weighted by Gasteiger charge is -1.99. The Morgan fingerprint density at radius 2 is 1.69 bits per heavy atom. The maximum absolute atomic E-state index is 11.9. The van der Waals surface area contributed by atoms with Gasteiger partial charge >= 0.3 is 9.46 Å². The third kappa shape index (κ3) is 4.78. The number of halogens is 2. The van der Waals surface area contributed by atoms with Crippen molar-refractivity contribution >= 4 is 9.46 Å². The lowest BCUT2D eigenvalue weighted by molar-refractivity contribution is 0.633. The van der Waals surface area contributed by atoms with E-state index in [0.29, 0.717) is 6.42 Å². The summed E-state index contributed by atoms with van der Waals surface area (Å²) in [5.41, 5.74) is 1.24. The van der Waals surface area contributed by atoms with Crippen molar-refractivity contribution in [3.05, 3.63) is 35.9 Å². The van der Waals surface area contributed by atoms with E-state index < -0.39 is 9.46 Å². The second-order valence-electron chi connectivity index (χ2n) is 3.03. The highest BCUT2D eigenvalue weighted by Gasteiger charge is 2.08. The fourth-order valence-electron chi connectivity index (χ4n) is 1.23. The van der Waals surface area contributed by atoms with Gasteiger partial charge in [0, 0.05) is 6.04 Å². The lowest BCUT2D eigenvalue weighted by Crippen LogP contribution is -1.95. The molecular formula is C10H13F2Si. The molecule has 0 bridgehead atoms. The van der Waals surface area contributed by atoms with E-state index in [-0.39, 0.29) is 6.04 Å². The van der Waals surface area contributed by atoms with Gasteiger partial charge in [0.15, 0.2) is 0 Å². The van der Waals surface area contributed by atoms with Crippen molar-refractivity contribution in [2.75, 3.05) is 0 Å². The largest absolute Gasteiger partial charge is 0.476 e. The van der Waals surface area contributed by atoms with Crippen LogP contribution in [0.2, 0.25) is 6.04 Å². The van der Waals surface area contributed by atoms with Gasteiger partial charge in [0.2, 0.25) is 0 Å². The van der Waals surface area contributed by atoms with E-state index in [1.165, 1.54) is 5.56 Å². The minimum Gasteiger partial charge on any atom is -0.268 e. The van der Waals surface area contributed by atoms with Crippen LogP contribution in [0.5, 0.6) is 0 Å². The third-order valence-corrected chi connectivity index (χ3v) is 2.66. The first-order chi connectivity index (χ1) is 6.29. The number of rotatable bonds is 5. The molecule has 0 aliphatic heterocycles. The molecule has 0 amide bonds. The third-order valence-electron chi connectivity index (χ3n) is 1.92. The Morgan fingerprint density at radius 3 is 2.31 bits per heavy atom. The molecule has 0 aliphatic rings. The molecule has 0 spiro atoms. The first-order valence-electron chi connectivity index (χ1n) is 4.50. The van der Waals surface area contributed by atoms with Gasteiger partial charge in [-0.2, -0.15) is 0 Å². The van der Waals surface area contributed by atoms with Crippen molar-refractivity contribution in [2.45, 2.75) is 25.3 Å². The molecular weight excluding hydrogens is 186 g/mol. The highest BCUT2D eigenvalue weighted by Crippen LogP contribution is 2.08. The van der Waals surface area contributed by atoms with E-state index in [0.717, 1.165) is 12.8 Å². The average Bonchev–Trinajstić information content (AvgIpc) is 2.14. The normalized spacial score (nSPS) is 10.7. The molecule has 0 unspecified atom stereocenters. The topological polar surface area (TPSA) is 0 Å². The molecule has 71 valence electrons. The Hall–Kier alpha value is -0.703. The van der Waals surface area contributed by atoms with Gasteiger partial charge in [-0.25, -0.2) is 0 Å². The monoisotopic (exact) mass is 199 g/mol. The van der Waals surface area contributed by atoms with E-state index >= 15 is 0 Å². The maximum atomic E-state index is 11.9. The van der Waals surface area contributed by atoms with E-state index in [1.807, 2.05) is 30.3 Å². The molecule has 0 nitrogen and oxygen atoms in total. The number of hydrogen-bond acceptors (Lipinski definition) is 0. The summed E-state index contributed by atoms with van der Waals surface area (Å²) in [6.45, 7) is 0. The Morgan fingerprint density at radius 1 is 1.00 bits per heavy atom. The van der Waals surface area contributed by atoms with E-state index in [1.54, 1.807) is 0 Å². The molecule has 0 N–H and O–H groups in total. The first-order valence-corrected chi connectivity index (χ1v) is 5.96. The fourth-order valence-corrected chi connectivity index (χ4v) is 1.75. The summed E-state index contributed by atoms with van der Waals surface area (Å²) in [5.74, 6) is 0. The van der Waals surface area contributed by atoms with Gasteiger partial charge in [-0.05, 0) is 18.4 Å². The van der Waals surface area contributed by atoms with E-state index in [2.05, 4.69) is 0 Å². The lowest BCUT2D eigenvalue weighted by atomic mass is 10.1. The van der Waals surface area contributed by atoms with E-state index in [9.17, 15) is 8.22 Å². The summed E-state index contributed by atoms with van der Waals surface area (Å²) < 4.78 is 23.7. The summed E-state index contributed by atoms with van der Waals surface area (Å²) in [6.07, 6.45) is 2.47. The zero-order chi connectivity index (χ0) is 9.52. The predicted molar refractivity (Wildman–Crippen MR) is 52.2 cm³/mol. The Kier molecular flexibility index (Phi) is 4.68. The highest BCUT2D eigenvalue weighted by atomic mass is 28.4. The molecule has 0 aliphatic carbocycles. The van der Waals surface area contributed by atoms with E-state index in [4.69, 9.17) is 0 Å². The summed E-state index contributed by atoms with van der Waals surface area (Å²) in [7, 11) is -2.99. The summed E-state index contributed by atoms with van der Waals surface area (Å²) >= 11 is 0. The number of hydrogen-bond donors (Lipinski definition) is 0. The molecule has 1 aromatic rings. The molecule has 3 heteroatoms. The zero-order valence-corrected chi connectivity index (χ0v) is 8.47. The van der Waals surface area contributed by atoms with Crippen LogP contribution < -0.4 is 0 Å². The summed E-state index contributed by atoms with van der Waals surface area (Å²) in [6, 6.07) is 10.1. The van der Waals surface area contributed by atoms with Gasteiger partial charge in [-0.15, -0.1) is 0 Å². The summed E-state index contributed by atoms with van der Waals surface area (Å²) in [4.78, 5) is 0. The van der Waals surface area contributed by atoms with Crippen molar-refractivity contribution in [3.63, 3.8) is 0 Å². The first kappa shape index (κ1) is 10.4. The van der Waals surface area contributed by atoms with Crippen molar-refractivity contribution < 1.29 is 8.22 Å². The minimum absolute atomic E-state index is 0.136. The smallest absolute Gasteiger partial charge is 0.268 e. The zero-order valence-electron chi connectivity index (χ0n) is 7.47. The van der Waals surface area contributed by atoms with Crippen LogP contribution in [0.4, 0.5) is 8.22 Å². The molecule has 0 atom stereocenters. The van der Waals surface area contributed by atoms with Gasteiger partial charge in [0.1, 0.15) is 0 Å². The van der Waals surface area contributed by atoms with Crippen LogP contribution in [0.3, 0.4) is 0 Å². The maximum Gasteiger partial charge on any atom is 0.476 e. The number of unbranched alkanes of at least 4 members (excludes halogenated alkanes) is 1. The van der Waals surface area contributed by atoms with Gasteiger partial charge in [0.05, 0.1) is 0 Å². The Labute approximate surface area is 79.5 Å². The van der Waals surface area contributed by atoms with Crippen LogP contribution in [0.1, 0.15) is 18.4 Å². The van der Waals surface area contributed by atoms with Gasteiger partial charge in [-0.3, -0.25) is 8.22 Å². The number of aryl methyl sites for hydroxylation is 1. The molecule has 1 radical (unpaired) electrons. The molecule has 1 aromatic carbocycles.